The zero-order valence-electron chi connectivity index (χ0n) is 7.09. The molecule has 1 aromatic heterocycles. The SMILES string of the molecule is CCCC(C)(O)c1ccc[nH]1. The van der Waals surface area contributed by atoms with Crippen LogP contribution in [0.2, 0.25) is 0 Å². The van der Waals surface area contributed by atoms with E-state index in [0.29, 0.717) is 0 Å². The van der Waals surface area contributed by atoms with Gasteiger partial charge in [-0.3, -0.25) is 0 Å². The van der Waals surface area contributed by atoms with Gasteiger partial charge in [0.05, 0.1) is 0 Å². The fourth-order valence-corrected chi connectivity index (χ4v) is 1.29. The molecule has 0 aliphatic carbocycles. The molecular weight excluding hydrogens is 138 g/mol. The summed E-state index contributed by atoms with van der Waals surface area (Å²) in [6, 6.07) is 3.81. The molecular formula is C9H15NO. The van der Waals surface area contributed by atoms with Crippen molar-refractivity contribution < 1.29 is 5.11 Å². The minimum absolute atomic E-state index is 0.682. The summed E-state index contributed by atoms with van der Waals surface area (Å²) in [6.45, 7) is 3.90. The Hall–Kier alpha value is -0.760. The first-order chi connectivity index (χ1) is 5.17. The quantitative estimate of drug-likeness (QED) is 0.684. The third-order valence-corrected chi connectivity index (χ3v) is 1.91. The molecule has 0 amide bonds. The van der Waals surface area contributed by atoms with Crippen molar-refractivity contribution in [2.45, 2.75) is 32.3 Å². The van der Waals surface area contributed by atoms with Crippen molar-refractivity contribution >= 4 is 0 Å². The largest absolute Gasteiger partial charge is 0.384 e. The van der Waals surface area contributed by atoms with E-state index in [2.05, 4.69) is 11.9 Å². The van der Waals surface area contributed by atoms with Gasteiger partial charge in [-0.15, -0.1) is 0 Å². The van der Waals surface area contributed by atoms with Gasteiger partial charge in [0.25, 0.3) is 0 Å². The molecule has 1 heterocycles. The van der Waals surface area contributed by atoms with E-state index in [9.17, 15) is 5.11 Å². The first-order valence-electron chi connectivity index (χ1n) is 4.03. The summed E-state index contributed by atoms with van der Waals surface area (Å²) in [5.41, 5.74) is 0.220. The molecule has 0 fully saturated rings. The summed E-state index contributed by atoms with van der Waals surface area (Å²) in [5.74, 6) is 0. The van der Waals surface area contributed by atoms with Crippen LogP contribution in [0.25, 0.3) is 0 Å². The normalized spacial score (nSPS) is 16.3. The lowest BCUT2D eigenvalue weighted by atomic mass is 9.97. The van der Waals surface area contributed by atoms with Gasteiger partial charge in [-0.1, -0.05) is 13.3 Å². The zero-order chi connectivity index (χ0) is 8.32. The highest BCUT2D eigenvalue weighted by atomic mass is 16.3. The molecule has 0 spiro atoms. The van der Waals surface area contributed by atoms with E-state index in [0.717, 1.165) is 18.5 Å². The van der Waals surface area contributed by atoms with Crippen LogP contribution in [0.3, 0.4) is 0 Å². The fourth-order valence-electron chi connectivity index (χ4n) is 1.29. The molecule has 2 heteroatoms. The van der Waals surface area contributed by atoms with Gasteiger partial charge in [-0.25, -0.2) is 0 Å². The lowest BCUT2D eigenvalue weighted by Crippen LogP contribution is -2.20. The van der Waals surface area contributed by atoms with E-state index in [-0.39, 0.29) is 0 Å². The van der Waals surface area contributed by atoms with Crippen molar-refractivity contribution in [3.63, 3.8) is 0 Å². The van der Waals surface area contributed by atoms with Gasteiger partial charge in [0.15, 0.2) is 0 Å². The van der Waals surface area contributed by atoms with Gasteiger partial charge in [0, 0.05) is 11.9 Å². The Morgan fingerprint density at radius 1 is 1.64 bits per heavy atom. The summed E-state index contributed by atoms with van der Waals surface area (Å²) in [6.07, 6.45) is 3.62. The number of hydrogen-bond acceptors (Lipinski definition) is 1. The molecule has 1 atom stereocenters. The number of H-pyrrole nitrogens is 1. The number of aromatic amines is 1. The minimum Gasteiger partial charge on any atom is -0.384 e. The second kappa shape index (κ2) is 3.09. The van der Waals surface area contributed by atoms with Gasteiger partial charge >= 0.3 is 0 Å². The van der Waals surface area contributed by atoms with Crippen LogP contribution in [-0.4, -0.2) is 10.1 Å². The molecule has 62 valence electrons. The number of nitrogens with one attached hydrogen (secondary N) is 1. The van der Waals surface area contributed by atoms with E-state index in [4.69, 9.17) is 0 Å². The van der Waals surface area contributed by atoms with Gasteiger partial charge in [-0.05, 0) is 25.5 Å². The van der Waals surface area contributed by atoms with Crippen molar-refractivity contribution in [3.8, 4) is 0 Å². The zero-order valence-corrected chi connectivity index (χ0v) is 7.09. The van der Waals surface area contributed by atoms with Crippen molar-refractivity contribution in [1.82, 2.24) is 4.98 Å². The molecule has 1 rings (SSSR count). The van der Waals surface area contributed by atoms with Crippen LogP contribution >= 0.6 is 0 Å². The summed E-state index contributed by atoms with van der Waals surface area (Å²) >= 11 is 0. The average Bonchev–Trinajstić information content (AvgIpc) is 2.37. The predicted octanol–water partition coefficient (Wildman–Crippen LogP) is 2.02. The summed E-state index contributed by atoms with van der Waals surface area (Å²) in [5, 5.41) is 9.84. The lowest BCUT2D eigenvalue weighted by molar-refractivity contribution is 0.0430. The highest BCUT2D eigenvalue weighted by Gasteiger charge is 2.21. The lowest BCUT2D eigenvalue weighted by Gasteiger charge is -2.20. The molecule has 1 aromatic rings. The van der Waals surface area contributed by atoms with E-state index in [1.165, 1.54) is 0 Å². The Balaban J connectivity index is 2.73. The molecule has 1 unspecified atom stereocenters. The van der Waals surface area contributed by atoms with Crippen LogP contribution in [0.4, 0.5) is 0 Å². The predicted molar refractivity (Wildman–Crippen MR) is 45.3 cm³/mol. The van der Waals surface area contributed by atoms with Crippen LogP contribution < -0.4 is 0 Å². The molecule has 2 nitrogen and oxygen atoms in total. The second-order valence-corrected chi connectivity index (χ2v) is 3.11. The van der Waals surface area contributed by atoms with E-state index in [1.807, 2.05) is 25.3 Å². The summed E-state index contributed by atoms with van der Waals surface area (Å²) in [4.78, 5) is 3.01. The second-order valence-electron chi connectivity index (χ2n) is 3.11. The molecule has 0 radical (unpaired) electrons. The maximum Gasteiger partial charge on any atom is 0.101 e. The molecule has 0 saturated carbocycles. The van der Waals surface area contributed by atoms with E-state index < -0.39 is 5.60 Å². The Kier molecular flexibility index (Phi) is 2.35. The number of hydrogen-bond donors (Lipinski definition) is 2. The summed E-state index contributed by atoms with van der Waals surface area (Å²) in [7, 11) is 0. The molecule has 2 N–H and O–H groups in total. The van der Waals surface area contributed by atoms with Crippen LogP contribution in [-0.2, 0) is 5.60 Å². The van der Waals surface area contributed by atoms with Crippen molar-refractivity contribution in [1.29, 1.82) is 0 Å². The number of aliphatic hydroxyl groups is 1. The molecule has 0 aliphatic heterocycles. The van der Waals surface area contributed by atoms with Crippen LogP contribution in [0.1, 0.15) is 32.4 Å². The fraction of sp³-hybridized carbons (Fsp3) is 0.556. The minimum atomic E-state index is -0.682. The Morgan fingerprint density at radius 2 is 2.36 bits per heavy atom. The van der Waals surface area contributed by atoms with Crippen molar-refractivity contribution in [3.05, 3.63) is 24.0 Å². The maximum atomic E-state index is 9.84. The number of rotatable bonds is 3. The molecule has 0 aliphatic rings. The topological polar surface area (TPSA) is 36.0 Å². The standard InChI is InChI=1S/C9H15NO/c1-3-6-9(2,11)8-5-4-7-10-8/h4-5,7,10-11H,3,6H2,1-2H3. The molecule has 0 saturated heterocycles. The number of aromatic nitrogens is 1. The average molecular weight is 153 g/mol. The van der Waals surface area contributed by atoms with Gasteiger partial charge < -0.3 is 10.1 Å². The molecule has 11 heavy (non-hydrogen) atoms. The van der Waals surface area contributed by atoms with Gasteiger partial charge in [0.2, 0.25) is 0 Å². The Bertz CT molecular complexity index is 201. The summed E-state index contributed by atoms with van der Waals surface area (Å²) < 4.78 is 0. The van der Waals surface area contributed by atoms with Crippen LogP contribution in [0.5, 0.6) is 0 Å². The van der Waals surface area contributed by atoms with E-state index in [1.54, 1.807) is 0 Å². The van der Waals surface area contributed by atoms with Crippen LogP contribution in [0.15, 0.2) is 18.3 Å². The van der Waals surface area contributed by atoms with E-state index >= 15 is 0 Å². The Morgan fingerprint density at radius 3 is 2.82 bits per heavy atom. The first kappa shape index (κ1) is 8.34. The van der Waals surface area contributed by atoms with Crippen molar-refractivity contribution in [2.24, 2.45) is 0 Å². The molecule has 0 bridgehead atoms. The highest BCUT2D eigenvalue weighted by Crippen LogP contribution is 2.23. The monoisotopic (exact) mass is 153 g/mol. The highest BCUT2D eigenvalue weighted by molar-refractivity contribution is 5.11. The molecule has 0 aromatic carbocycles. The third kappa shape index (κ3) is 1.84. The Labute approximate surface area is 67.3 Å². The first-order valence-corrected chi connectivity index (χ1v) is 4.03. The van der Waals surface area contributed by atoms with Gasteiger partial charge in [0.1, 0.15) is 5.60 Å². The maximum absolute atomic E-state index is 9.84. The van der Waals surface area contributed by atoms with Crippen molar-refractivity contribution in [2.75, 3.05) is 0 Å². The van der Waals surface area contributed by atoms with Crippen LogP contribution in [0, 0.1) is 0 Å². The third-order valence-electron chi connectivity index (χ3n) is 1.91. The smallest absolute Gasteiger partial charge is 0.101 e. The van der Waals surface area contributed by atoms with Gasteiger partial charge in [-0.2, -0.15) is 0 Å².